The molecule has 2 N–H and O–H groups in total. The van der Waals surface area contributed by atoms with Crippen LogP contribution in [0.2, 0.25) is 0 Å². The molecule has 0 spiro atoms. The molecule has 4 aromatic rings. The zero-order valence-corrected chi connectivity index (χ0v) is 22.0. The third-order valence-corrected chi connectivity index (χ3v) is 8.14. The fourth-order valence-electron chi connectivity index (χ4n) is 4.46. The van der Waals surface area contributed by atoms with Crippen LogP contribution >= 0.6 is 22.6 Å². The van der Waals surface area contributed by atoms with E-state index >= 15 is 0 Å². The summed E-state index contributed by atoms with van der Waals surface area (Å²) in [5, 5.41) is 18.0. The number of ether oxygens (including phenoxy) is 1. The fraction of sp³-hybridized carbons (Fsp3) is 0.308. The van der Waals surface area contributed by atoms with Crippen LogP contribution in [-0.4, -0.2) is 68.0 Å². The van der Waals surface area contributed by atoms with E-state index in [0.717, 1.165) is 60.1 Å². The second kappa shape index (κ2) is 10.4. The van der Waals surface area contributed by atoms with Crippen LogP contribution in [-0.2, 0) is 0 Å². The third-order valence-electron chi connectivity index (χ3n) is 6.31. The minimum atomic E-state index is -0.337. The zero-order chi connectivity index (χ0) is 24.4. The van der Waals surface area contributed by atoms with Crippen molar-refractivity contribution >= 4 is 45.4 Å². The van der Waals surface area contributed by atoms with Gasteiger partial charge >= 0.3 is 0 Å². The number of halogens is 1. The van der Waals surface area contributed by atoms with E-state index in [9.17, 15) is 5.11 Å². The van der Waals surface area contributed by atoms with Crippen LogP contribution in [0.3, 0.4) is 0 Å². The van der Waals surface area contributed by atoms with Gasteiger partial charge in [-0.15, -0.1) is 5.10 Å². The molecule has 0 amide bonds. The van der Waals surface area contributed by atoms with Gasteiger partial charge in [-0.3, -0.25) is 4.90 Å². The quantitative estimate of drug-likeness (QED) is 0.189. The lowest BCUT2D eigenvalue weighted by Crippen LogP contribution is -2.51. The maximum absolute atomic E-state index is 9.90. The van der Waals surface area contributed by atoms with Crippen molar-refractivity contribution in [2.75, 3.05) is 43.5 Å². The lowest BCUT2D eigenvalue weighted by Gasteiger charge is -2.39. The van der Waals surface area contributed by atoms with Crippen molar-refractivity contribution in [2.45, 2.75) is 17.1 Å². The lowest BCUT2D eigenvalue weighted by atomic mass is 10.1. The highest BCUT2D eigenvalue weighted by Gasteiger charge is 2.25. The molecule has 2 aromatic heterocycles. The molecule has 0 bridgehead atoms. The number of benzene rings is 2. The topological polar surface area (TPSA) is 78.2 Å². The van der Waals surface area contributed by atoms with Gasteiger partial charge < -0.3 is 20.1 Å². The summed E-state index contributed by atoms with van der Waals surface area (Å²) >= 11 is 2.33. The van der Waals surface area contributed by atoms with Crippen molar-refractivity contribution < 1.29 is 9.84 Å². The van der Waals surface area contributed by atoms with Crippen LogP contribution in [0.15, 0.2) is 66.9 Å². The van der Waals surface area contributed by atoms with E-state index in [0.29, 0.717) is 5.95 Å². The number of fused-ring (bicyclic) bond motifs is 1. The molecule has 2 atom stereocenters. The predicted octanol–water partition coefficient (Wildman–Crippen LogP) is 4.41. The number of piperazine rings is 1. The van der Waals surface area contributed by atoms with Crippen LogP contribution in [0.5, 0.6) is 5.75 Å². The van der Waals surface area contributed by atoms with Crippen molar-refractivity contribution in [2.24, 2.45) is 0 Å². The van der Waals surface area contributed by atoms with Crippen molar-refractivity contribution in [1.29, 1.82) is 0 Å². The van der Waals surface area contributed by atoms with Crippen LogP contribution < -0.4 is 15.0 Å². The number of aliphatic hydroxyl groups excluding tert-OH is 1. The van der Waals surface area contributed by atoms with Crippen molar-refractivity contribution in [3.63, 3.8) is 0 Å². The van der Waals surface area contributed by atoms with E-state index in [1.165, 1.54) is 0 Å². The summed E-state index contributed by atoms with van der Waals surface area (Å²) in [5.74, 6) is 1.33. The first kappa shape index (κ1) is 23.8. The first-order chi connectivity index (χ1) is 17.0. The van der Waals surface area contributed by atoms with Gasteiger partial charge in [-0.2, -0.15) is 0 Å². The molecule has 0 aliphatic carbocycles. The number of alkyl halides is 1. The normalized spacial score (nSPS) is 16.3. The Labute approximate surface area is 218 Å². The lowest BCUT2D eigenvalue weighted by molar-refractivity contribution is 0.112. The molecule has 1 saturated heterocycles. The Kier molecular flexibility index (Phi) is 7.07. The first-order valence-electron chi connectivity index (χ1n) is 11.7. The Balaban J connectivity index is 1.34. The number of anilines is 3. The monoisotopic (exact) mass is 584 g/mol. The van der Waals surface area contributed by atoms with Gasteiger partial charge in [-0.25, -0.2) is 9.50 Å². The number of aromatic nitrogens is 3. The van der Waals surface area contributed by atoms with Gasteiger partial charge in [0.1, 0.15) is 5.75 Å². The minimum Gasteiger partial charge on any atom is -0.496 e. The number of nitrogens with zero attached hydrogens (tertiary/aromatic N) is 5. The first-order valence-corrected chi connectivity index (χ1v) is 12.9. The zero-order valence-electron chi connectivity index (χ0n) is 19.8. The average Bonchev–Trinajstić information content (AvgIpc) is 3.31. The second-order valence-corrected chi connectivity index (χ2v) is 9.93. The van der Waals surface area contributed by atoms with E-state index < -0.39 is 0 Å². The number of hydrogen-bond acceptors (Lipinski definition) is 7. The Morgan fingerprint density at radius 1 is 1.03 bits per heavy atom. The molecular weight excluding hydrogens is 555 g/mol. The molecule has 1 fully saturated rings. The molecule has 0 radical (unpaired) electrons. The molecular formula is C26H29IN6O2. The van der Waals surface area contributed by atoms with E-state index in [1.54, 1.807) is 7.11 Å². The summed E-state index contributed by atoms with van der Waals surface area (Å²) in [6.07, 6.45) is 1.48. The van der Waals surface area contributed by atoms with E-state index in [1.807, 2.05) is 60.1 Å². The predicted molar refractivity (Wildman–Crippen MR) is 148 cm³/mol. The standard InChI is InChI=1S/C26H29IN6O2/c1-18(34)25(27)32-14-12-31(13-15-32)20-7-5-6-19(16-20)29-26-28-17-21-10-11-23(33(21)30-26)22-8-3-4-9-24(22)35-2/h3-11,16-18,25,34H,12-15H2,1-2H3,(H,29,30)/t18?,25-/m1/s1. The second-order valence-electron chi connectivity index (χ2n) is 8.65. The van der Waals surface area contributed by atoms with Crippen LogP contribution in [0, 0.1) is 0 Å². The smallest absolute Gasteiger partial charge is 0.245 e. The molecule has 35 heavy (non-hydrogen) atoms. The highest BCUT2D eigenvalue weighted by molar-refractivity contribution is 14.1. The molecule has 1 aliphatic rings. The van der Waals surface area contributed by atoms with Gasteiger partial charge in [0.2, 0.25) is 5.95 Å². The summed E-state index contributed by atoms with van der Waals surface area (Å²) in [4.78, 5) is 9.24. The average molecular weight is 584 g/mol. The van der Waals surface area contributed by atoms with E-state index in [4.69, 9.17) is 9.84 Å². The Morgan fingerprint density at radius 2 is 1.83 bits per heavy atom. The van der Waals surface area contributed by atoms with E-state index in [-0.39, 0.29) is 10.2 Å². The largest absolute Gasteiger partial charge is 0.496 e. The molecule has 182 valence electrons. The van der Waals surface area contributed by atoms with Gasteiger partial charge in [-0.1, -0.05) is 40.8 Å². The van der Waals surface area contributed by atoms with Crippen LogP contribution in [0.25, 0.3) is 16.8 Å². The SMILES string of the molecule is COc1ccccc1-c1ccc2cnc(Nc3cccc(N4CCN([C@@H](I)C(C)O)CC4)c3)nn12. The summed E-state index contributed by atoms with van der Waals surface area (Å²) in [6, 6.07) is 20.3. The summed E-state index contributed by atoms with van der Waals surface area (Å²) in [7, 11) is 1.68. The molecule has 1 unspecified atom stereocenters. The third kappa shape index (κ3) is 5.07. The Hall–Kier alpha value is -2.89. The number of methoxy groups -OCH3 is 1. The molecule has 2 aromatic carbocycles. The summed E-state index contributed by atoms with van der Waals surface area (Å²) in [5.41, 5.74) is 4.93. The maximum atomic E-state index is 9.90. The van der Waals surface area contributed by atoms with Crippen molar-refractivity contribution in [3.8, 4) is 17.0 Å². The molecule has 0 saturated carbocycles. The molecule has 9 heteroatoms. The van der Waals surface area contributed by atoms with Crippen LogP contribution in [0.4, 0.5) is 17.3 Å². The highest BCUT2D eigenvalue weighted by atomic mass is 127. The Morgan fingerprint density at radius 3 is 2.60 bits per heavy atom. The number of nitrogens with one attached hydrogen (secondary N) is 1. The van der Waals surface area contributed by atoms with Gasteiger partial charge in [0, 0.05) is 43.1 Å². The molecule has 3 heterocycles. The molecule has 8 nitrogen and oxygen atoms in total. The van der Waals surface area contributed by atoms with Gasteiger partial charge in [0.25, 0.3) is 0 Å². The van der Waals surface area contributed by atoms with Gasteiger partial charge in [-0.05, 0) is 49.4 Å². The fourth-order valence-corrected chi connectivity index (χ4v) is 5.02. The molecule has 5 rings (SSSR count). The van der Waals surface area contributed by atoms with E-state index in [2.05, 4.69) is 60.9 Å². The van der Waals surface area contributed by atoms with Crippen molar-refractivity contribution in [3.05, 3.63) is 66.9 Å². The number of hydrogen-bond donors (Lipinski definition) is 2. The highest BCUT2D eigenvalue weighted by Crippen LogP contribution is 2.31. The summed E-state index contributed by atoms with van der Waals surface area (Å²) in [6.45, 7) is 5.54. The minimum absolute atomic E-state index is 0.143. The van der Waals surface area contributed by atoms with Crippen molar-refractivity contribution in [1.82, 2.24) is 19.5 Å². The van der Waals surface area contributed by atoms with Crippen LogP contribution in [0.1, 0.15) is 6.92 Å². The molecule has 1 aliphatic heterocycles. The Bertz CT molecular complexity index is 1300. The summed E-state index contributed by atoms with van der Waals surface area (Å²) < 4.78 is 7.58. The maximum Gasteiger partial charge on any atom is 0.245 e. The number of aliphatic hydroxyl groups is 1. The number of para-hydroxylation sites is 1. The van der Waals surface area contributed by atoms with Gasteiger partial charge in [0.15, 0.2) is 0 Å². The number of rotatable bonds is 7. The van der Waals surface area contributed by atoms with Gasteiger partial charge in [0.05, 0.1) is 34.7 Å².